The van der Waals surface area contributed by atoms with Crippen molar-refractivity contribution < 1.29 is 19.0 Å². The molecule has 0 aromatic heterocycles. The quantitative estimate of drug-likeness (QED) is 0.514. The van der Waals surface area contributed by atoms with Crippen LogP contribution in [0.5, 0.6) is 17.2 Å². The van der Waals surface area contributed by atoms with Crippen LogP contribution in [0.4, 0.5) is 11.4 Å². The number of para-hydroxylation sites is 2. The number of hydrogen-bond donors (Lipinski definition) is 2. The number of fused-ring (bicyclic) bond motifs is 1. The molecule has 1 heterocycles. The van der Waals surface area contributed by atoms with Crippen LogP contribution in [0.1, 0.15) is 35.9 Å². The van der Waals surface area contributed by atoms with Crippen LogP contribution < -0.4 is 24.8 Å². The molecule has 0 saturated heterocycles. The average molecular weight is 457 g/mol. The van der Waals surface area contributed by atoms with E-state index in [1.54, 1.807) is 21.3 Å². The minimum Gasteiger partial charge on any atom is -0.497 e. The first kappa shape index (κ1) is 21.9. The minimum atomic E-state index is -0.375. The molecule has 0 saturated carbocycles. The van der Waals surface area contributed by atoms with Crippen LogP contribution in [0, 0.1) is 0 Å². The number of ether oxygens (including phenoxy) is 3. The zero-order chi connectivity index (χ0) is 23.7. The highest BCUT2D eigenvalue weighted by atomic mass is 16.5. The molecule has 1 aliphatic heterocycles. The number of Topliss-reactive ketones (excluding diaryl/α,β-unsaturated/α-hetero) is 1. The highest BCUT2D eigenvalue weighted by Crippen LogP contribution is 2.46. The van der Waals surface area contributed by atoms with E-state index in [0.29, 0.717) is 17.9 Å². The third kappa shape index (κ3) is 3.96. The van der Waals surface area contributed by atoms with Crippen LogP contribution in [0.2, 0.25) is 0 Å². The van der Waals surface area contributed by atoms with Gasteiger partial charge in [0, 0.05) is 23.3 Å². The zero-order valence-corrected chi connectivity index (χ0v) is 19.6. The Balaban J connectivity index is 1.62. The van der Waals surface area contributed by atoms with Gasteiger partial charge in [0.1, 0.15) is 17.2 Å². The fourth-order valence-corrected chi connectivity index (χ4v) is 4.90. The van der Waals surface area contributed by atoms with Gasteiger partial charge >= 0.3 is 0 Å². The van der Waals surface area contributed by atoms with Crippen molar-refractivity contribution in [2.24, 2.45) is 0 Å². The lowest BCUT2D eigenvalue weighted by atomic mass is 9.78. The van der Waals surface area contributed by atoms with Gasteiger partial charge in [0.15, 0.2) is 5.78 Å². The average Bonchev–Trinajstić information content (AvgIpc) is 3.05. The number of anilines is 2. The third-order valence-corrected chi connectivity index (χ3v) is 6.64. The van der Waals surface area contributed by atoms with Crippen molar-refractivity contribution in [2.75, 3.05) is 32.0 Å². The highest BCUT2D eigenvalue weighted by molar-refractivity contribution is 6.01. The smallest absolute Gasteiger partial charge is 0.163 e. The molecule has 34 heavy (non-hydrogen) atoms. The largest absolute Gasteiger partial charge is 0.497 e. The van der Waals surface area contributed by atoms with Gasteiger partial charge < -0.3 is 24.8 Å². The molecule has 2 atom stereocenters. The van der Waals surface area contributed by atoms with Crippen LogP contribution in [0.3, 0.4) is 0 Å². The van der Waals surface area contributed by atoms with E-state index < -0.39 is 0 Å². The summed E-state index contributed by atoms with van der Waals surface area (Å²) in [7, 11) is 4.94. The number of carbonyl (C=O) groups excluding carboxylic acids is 1. The molecule has 3 aromatic rings. The van der Waals surface area contributed by atoms with Gasteiger partial charge in [-0.3, -0.25) is 4.79 Å². The first-order valence-corrected chi connectivity index (χ1v) is 11.4. The molecule has 6 nitrogen and oxygen atoms in total. The summed E-state index contributed by atoms with van der Waals surface area (Å²) < 4.78 is 16.5. The van der Waals surface area contributed by atoms with Crippen LogP contribution in [0.15, 0.2) is 78.0 Å². The Morgan fingerprint density at radius 1 is 0.794 bits per heavy atom. The van der Waals surface area contributed by atoms with Gasteiger partial charge in [0.05, 0.1) is 38.7 Å². The Bertz CT molecular complexity index is 1250. The molecule has 0 fully saturated rings. The van der Waals surface area contributed by atoms with E-state index >= 15 is 0 Å². The standard InChI is InChI=1S/C28H28N2O4/c1-32-19-10-8-17(9-11-19)18-14-24-27(25(31)15-18)28(30-23-7-5-4-6-22(23)29-24)21-16-20(33-2)12-13-26(21)34-3/h4-13,16,18,28-30H,14-15H2,1-3H3. The Labute approximate surface area is 199 Å². The molecule has 5 rings (SSSR count). The van der Waals surface area contributed by atoms with Crippen molar-refractivity contribution in [3.63, 3.8) is 0 Å². The molecule has 2 unspecified atom stereocenters. The molecule has 3 aromatic carbocycles. The molecule has 174 valence electrons. The van der Waals surface area contributed by atoms with Crippen molar-refractivity contribution >= 4 is 17.2 Å². The Morgan fingerprint density at radius 2 is 1.50 bits per heavy atom. The van der Waals surface area contributed by atoms with Crippen molar-refractivity contribution in [1.82, 2.24) is 0 Å². The van der Waals surface area contributed by atoms with E-state index in [2.05, 4.69) is 10.6 Å². The summed E-state index contributed by atoms with van der Waals surface area (Å²) in [5.41, 5.74) is 5.55. The summed E-state index contributed by atoms with van der Waals surface area (Å²) in [6, 6.07) is 21.3. The van der Waals surface area contributed by atoms with E-state index in [-0.39, 0.29) is 17.7 Å². The molecule has 0 bridgehead atoms. The van der Waals surface area contributed by atoms with Gasteiger partial charge in [-0.2, -0.15) is 0 Å². The number of allylic oxidation sites excluding steroid dienone is 1. The maximum Gasteiger partial charge on any atom is 0.163 e. The second-order valence-corrected chi connectivity index (χ2v) is 8.55. The predicted molar refractivity (Wildman–Crippen MR) is 133 cm³/mol. The topological polar surface area (TPSA) is 68.8 Å². The van der Waals surface area contributed by atoms with Crippen molar-refractivity contribution in [3.05, 3.63) is 89.1 Å². The minimum absolute atomic E-state index is 0.0859. The first-order chi connectivity index (χ1) is 16.6. The molecule has 2 N–H and O–H groups in total. The van der Waals surface area contributed by atoms with Gasteiger partial charge in [-0.05, 0) is 60.4 Å². The van der Waals surface area contributed by atoms with Crippen LogP contribution in [-0.4, -0.2) is 27.1 Å². The number of benzene rings is 3. The Kier molecular flexibility index (Phi) is 5.88. The summed E-state index contributed by atoms with van der Waals surface area (Å²) in [4.78, 5) is 13.7. The van der Waals surface area contributed by atoms with Crippen molar-refractivity contribution in [1.29, 1.82) is 0 Å². The lowest BCUT2D eigenvalue weighted by Gasteiger charge is -2.30. The van der Waals surface area contributed by atoms with Gasteiger partial charge in [-0.1, -0.05) is 24.3 Å². The van der Waals surface area contributed by atoms with Crippen LogP contribution in [0.25, 0.3) is 0 Å². The zero-order valence-electron chi connectivity index (χ0n) is 19.6. The summed E-state index contributed by atoms with van der Waals surface area (Å²) in [6.07, 6.45) is 1.17. The van der Waals surface area contributed by atoms with E-state index in [0.717, 1.165) is 45.9 Å². The molecule has 1 aliphatic carbocycles. The molecule has 2 aliphatic rings. The second kappa shape index (κ2) is 9.14. The maximum atomic E-state index is 13.7. The second-order valence-electron chi connectivity index (χ2n) is 8.55. The monoisotopic (exact) mass is 456 g/mol. The van der Waals surface area contributed by atoms with Gasteiger partial charge in [0.2, 0.25) is 0 Å². The number of ketones is 1. The predicted octanol–water partition coefficient (Wildman–Crippen LogP) is 5.69. The normalized spacial score (nSPS) is 19.2. The van der Waals surface area contributed by atoms with Crippen molar-refractivity contribution in [3.8, 4) is 17.2 Å². The lowest BCUT2D eigenvalue weighted by Crippen LogP contribution is -2.27. The van der Waals surface area contributed by atoms with Gasteiger partial charge in [-0.15, -0.1) is 0 Å². The van der Waals surface area contributed by atoms with Crippen LogP contribution >= 0.6 is 0 Å². The van der Waals surface area contributed by atoms with E-state index in [4.69, 9.17) is 14.2 Å². The summed E-state index contributed by atoms with van der Waals surface area (Å²) in [5.74, 6) is 2.42. The molecular weight excluding hydrogens is 428 g/mol. The van der Waals surface area contributed by atoms with Gasteiger partial charge in [-0.25, -0.2) is 0 Å². The number of carbonyl (C=O) groups is 1. The number of methoxy groups -OCH3 is 3. The summed E-state index contributed by atoms with van der Waals surface area (Å²) in [6.45, 7) is 0. The first-order valence-electron chi connectivity index (χ1n) is 11.4. The summed E-state index contributed by atoms with van der Waals surface area (Å²) in [5, 5.41) is 7.19. The van der Waals surface area contributed by atoms with Gasteiger partial charge in [0.25, 0.3) is 0 Å². The molecule has 0 amide bonds. The number of hydrogen-bond acceptors (Lipinski definition) is 6. The lowest BCUT2D eigenvalue weighted by molar-refractivity contribution is -0.116. The maximum absolute atomic E-state index is 13.7. The molecule has 0 spiro atoms. The Morgan fingerprint density at radius 3 is 2.21 bits per heavy atom. The van der Waals surface area contributed by atoms with E-state index in [1.807, 2.05) is 66.7 Å². The van der Waals surface area contributed by atoms with E-state index in [9.17, 15) is 4.79 Å². The molecule has 0 radical (unpaired) electrons. The highest BCUT2D eigenvalue weighted by Gasteiger charge is 2.37. The number of nitrogens with one attached hydrogen (secondary N) is 2. The Hall–Kier alpha value is -3.93. The SMILES string of the molecule is COc1ccc(C2CC(=O)C3=C(C2)Nc2ccccc2NC3c2cc(OC)ccc2OC)cc1. The van der Waals surface area contributed by atoms with Crippen LogP contribution in [-0.2, 0) is 4.79 Å². The van der Waals surface area contributed by atoms with Crippen molar-refractivity contribution in [2.45, 2.75) is 24.8 Å². The fraction of sp³-hybridized carbons (Fsp3) is 0.250. The fourth-order valence-electron chi connectivity index (χ4n) is 4.90. The molecular formula is C28H28N2O4. The van der Waals surface area contributed by atoms with E-state index in [1.165, 1.54) is 0 Å². The molecule has 6 heteroatoms. The third-order valence-electron chi connectivity index (χ3n) is 6.64. The summed E-state index contributed by atoms with van der Waals surface area (Å²) >= 11 is 0. The number of rotatable bonds is 5.